The van der Waals surface area contributed by atoms with Crippen LogP contribution in [0.25, 0.3) is 0 Å². The molecule has 0 saturated heterocycles. The Kier molecular flexibility index (Phi) is 7.12. The maximum Gasteiger partial charge on any atom is 0.264 e. The summed E-state index contributed by atoms with van der Waals surface area (Å²) in [6.45, 7) is 5.77. The predicted octanol–water partition coefficient (Wildman–Crippen LogP) is 5.59. The molecule has 2 atom stereocenters. The van der Waals surface area contributed by atoms with Crippen LogP contribution in [0, 0.1) is 12.7 Å². The summed E-state index contributed by atoms with van der Waals surface area (Å²) in [7, 11) is -4.00. The summed E-state index contributed by atoms with van der Waals surface area (Å²) in [5, 5.41) is 0. The molecule has 0 radical (unpaired) electrons. The highest BCUT2D eigenvalue weighted by atomic mass is 32.2. The quantitative estimate of drug-likeness (QED) is 0.463. The van der Waals surface area contributed by atoms with Gasteiger partial charge in [-0.15, -0.1) is 0 Å². The number of sulfonamides is 1. The lowest BCUT2D eigenvalue weighted by molar-refractivity contribution is -0.141. The van der Waals surface area contributed by atoms with Gasteiger partial charge in [0.1, 0.15) is 11.6 Å². The summed E-state index contributed by atoms with van der Waals surface area (Å²) in [5.41, 5.74) is 2.40. The molecule has 1 N–H and O–H groups in total. The summed E-state index contributed by atoms with van der Waals surface area (Å²) in [4.78, 5) is 15.1. The zero-order valence-electron chi connectivity index (χ0n) is 20.0. The Morgan fingerprint density at radius 1 is 1.09 bits per heavy atom. The fourth-order valence-corrected chi connectivity index (χ4v) is 5.38. The van der Waals surface area contributed by atoms with Gasteiger partial charge in [-0.2, -0.15) is 0 Å². The van der Waals surface area contributed by atoms with Gasteiger partial charge < -0.3 is 9.64 Å². The monoisotopic (exact) mass is 496 g/mol. The lowest BCUT2D eigenvalue weighted by Gasteiger charge is -2.32. The minimum absolute atomic E-state index is 0.100. The van der Waals surface area contributed by atoms with Gasteiger partial charge in [-0.1, -0.05) is 50.2 Å². The number of hydrogen-bond donors (Lipinski definition) is 1. The van der Waals surface area contributed by atoms with E-state index in [4.69, 9.17) is 4.74 Å². The first-order chi connectivity index (χ1) is 16.7. The zero-order valence-corrected chi connectivity index (χ0v) is 20.8. The first kappa shape index (κ1) is 24.7. The standard InChI is InChI=1S/C27H29FN2O4S/c1-4-24(19-9-7-6-8-10-19)30-17-20-15-21(12-14-26(20)34-25(5-2)27(30)31)29-35(32,33)22-13-11-18(3)23(28)16-22/h6-16,24-25,29H,4-5,17H2,1-3H3/t24-,25-/m1/s1. The van der Waals surface area contributed by atoms with E-state index in [9.17, 15) is 17.6 Å². The van der Waals surface area contributed by atoms with Crippen LogP contribution in [-0.4, -0.2) is 25.3 Å². The molecule has 0 aliphatic carbocycles. The molecule has 0 fully saturated rings. The Hall–Kier alpha value is -3.39. The van der Waals surface area contributed by atoms with E-state index >= 15 is 0 Å². The molecule has 6 nitrogen and oxygen atoms in total. The van der Waals surface area contributed by atoms with Crippen molar-refractivity contribution in [2.24, 2.45) is 0 Å². The van der Waals surface area contributed by atoms with E-state index in [0.29, 0.717) is 35.4 Å². The van der Waals surface area contributed by atoms with Crippen molar-refractivity contribution in [3.63, 3.8) is 0 Å². The van der Waals surface area contributed by atoms with Gasteiger partial charge in [-0.3, -0.25) is 9.52 Å². The third kappa shape index (κ3) is 5.17. The molecule has 0 spiro atoms. The van der Waals surface area contributed by atoms with Crippen LogP contribution in [0.5, 0.6) is 5.75 Å². The largest absolute Gasteiger partial charge is 0.480 e. The van der Waals surface area contributed by atoms with Gasteiger partial charge in [0, 0.05) is 11.3 Å². The highest BCUT2D eigenvalue weighted by molar-refractivity contribution is 7.92. The van der Waals surface area contributed by atoms with E-state index in [-0.39, 0.29) is 23.4 Å². The van der Waals surface area contributed by atoms with Gasteiger partial charge in [-0.05, 0) is 61.2 Å². The number of aryl methyl sites for hydroxylation is 1. The van der Waals surface area contributed by atoms with E-state index in [2.05, 4.69) is 4.72 Å². The summed E-state index contributed by atoms with van der Waals surface area (Å²) >= 11 is 0. The van der Waals surface area contributed by atoms with Crippen molar-refractivity contribution in [1.82, 2.24) is 4.90 Å². The Morgan fingerprint density at radius 2 is 1.83 bits per heavy atom. The number of halogens is 1. The van der Waals surface area contributed by atoms with Gasteiger partial charge in [0.05, 0.1) is 17.5 Å². The number of amides is 1. The second-order valence-electron chi connectivity index (χ2n) is 8.65. The highest BCUT2D eigenvalue weighted by Crippen LogP contribution is 2.35. The molecule has 0 aromatic heterocycles. The number of fused-ring (bicyclic) bond motifs is 1. The minimum Gasteiger partial charge on any atom is -0.480 e. The molecule has 4 rings (SSSR count). The summed E-state index contributed by atoms with van der Waals surface area (Å²) in [6, 6.07) is 18.4. The van der Waals surface area contributed by atoms with Crippen molar-refractivity contribution in [3.8, 4) is 5.75 Å². The molecule has 0 bridgehead atoms. The van der Waals surface area contributed by atoms with Crippen LogP contribution in [0.3, 0.4) is 0 Å². The SMILES string of the molecule is CC[C@H](c1ccccc1)N1Cc2cc(NS(=O)(=O)c3ccc(C)c(F)c3)ccc2O[C@H](CC)C1=O. The van der Waals surface area contributed by atoms with E-state index in [0.717, 1.165) is 11.6 Å². The molecule has 8 heteroatoms. The average Bonchev–Trinajstić information content (AvgIpc) is 2.98. The molecular weight excluding hydrogens is 467 g/mol. The number of benzene rings is 3. The lowest BCUT2D eigenvalue weighted by Crippen LogP contribution is -2.41. The number of carbonyl (C=O) groups excluding carboxylic acids is 1. The number of rotatable bonds is 7. The first-order valence-electron chi connectivity index (χ1n) is 11.7. The van der Waals surface area contributed by atoms with Crippen molar-refractivity contribution >= 4 is 21.6 Å². The Bertz CT molecular complexity index is 1330. The fourth-order valence-electron chi connectivity index (χ4n) is 4.32. The summed E-state index contributed by atoms with van der Waals surface area (Å²) < 4.78 is 48.3. The normalized spacial score (nSPS) is 16.7. The molecule has 1 aliphatic heterocycles. The Labute approximate surface area is 205 Å². The molecule has 1 heterocycles. The molecule has 0 saturated carbocycles. The van der Waals surface area contributed by atoms with Crippen LogP contribution in [0.1, 0.15) is 49.4 Å². The van der Waals surface area contributed by atoms with Crippen LogP contribution >= 0.6 is 0 Å². The predicted molar refractivity (Wildman–Crippen MR) is 133 cm³/mol. The van der Waals surface area contributed by atoms with Crippen molar-refractivity contribution in [3.05, 3.63) is 89.2 Å². The van der Waals surface area contributed by atoms with Crippen molar-refractivity contribution < 1.29 is 22.3 Å². The van der Waals surface area contributed by atoms with Crippen molar-refractivity contribution in [2.45, 2.75) is 57.2 Å². The minimum atomic E-state index is -4.00. The topological polar surface area (TPSA) is 75.7 Å². The molecule has 3 aromatic carbocycles. The Morgan fingerprint density at radius 3 is 2.49 bits per heavy atom. The third-order valence-electron chi connectivity index (χ3n) is 6.25. The average molecular weight is 497 g/mol. The van der Waals surface area contributed by atoms with E-state index in [1.54, 1.807) is 25.1 Å². The fraction of sp³-hybridized carbons (Fsp3) is 0.296. The second-order valence-corrected chi connectivity index (χ2v) is 10.3. The molecular formula is C27H29FN2O4S. The van der Waals surface area contributed by atoms with Crippen molar-refractivity contribution in [1.29, 1.82) is 0 Å². The number of nitrogens with one attached hydrogen (secondary N) is 1. The number of ether oxygens (including phenoxy) is 1. The molecule has 0 unspecified atom stereocenters. The number of nitrogens with zero attached hydrogens (tertiary/aromatic N) is 1. The van der Waals surface area contributed by atoms with Crippen LogP contribution < -0.4 is 9.46 Å². The maximum absolute atomic E-state index is 14.0. The molecule has 184 valence electrons. The zero-order chi connectivity index (χ0) is 25.2. The third-order valence-corrected chi connectivity index (χ3v) is 7.63. The first-order valence-corrected chi connectivity index (χ1v) is 13.2. The van der Waals surface area contributed by atoms with Crippen LogP contribution in [0.4, 0.5) is 10.1 Å². The number of hydrogen-bond acceptors (Lipinski definition) is 4. The van der Waals surface area contributed by atoms with E-state index in [1.807, 2.05) is 49.1 Å². The van der Waals surface area contributed by atoms with Gasteiger partial charge in [0.15, 0.2) is 6.10 Å². The van der Waals surface area contributed by atoms with Crippen molar-refractivity contribution in [2.75, 3.05) is 4.72 Å². The van der Waals surface area contributed by atoms with Gasteiger partial charge in [-0.25, -0.2) is 12.8 Å². The summed E-state index contributed by atoms with van der Waals surface area (Å²) in [6.07, 6.45) is 0.590. The van der Waals surface area contributed by atoms with Crippen LogP contribution in [0.2, 0.25) is 0 Å². The van der Waals surface area contributed by atoms with E-state index < -0.39 is 21.9 Å². The molecule has 1 amide bonds. The number of carbonyl (C=O) groups is 1. The second kappa shape index (κ2) is 10.1. The smallest absolute Gasteiger partial charge is 0.264 e. The van der Waals surface area contributed by atoms with Crippen LogP contribution in [-0.2, 0) is 21.4 Å². The van der Waals surface area contributed by atoms with E-state index in [1.165, 1.54) is 12.1 Å². The molecule has 35 heavy (non-hydrogen) atoms. The maximum atomic E-state index is 14.0. The summed E-state index contributed by atoms with van der Waals surface area (Å²) in [5.74, 6) is -0.147. The Balaban J connectivity index is 1.68. The van der Waals surface area contributed by atoms with Crippen LogP contribution in [0.15, 0.2) is 71.6 Å². The van der Waals surface area contributed by atoms with Gasteiger partial charge >= 0.3 is 0 Å². The van der Waals surface area contributed by atoms with Gasteiger partial charge in [0.2, 0.25) is 0 Å². The lowest BCUT2D eigenvalue weighted by atomic mass is 10.0. The molecule has 1 aliphatic rings. The van der Waals surface area contributed by atoms with Gasteiger partial charge in [0.25, 0.3) is 15.9 Å². The highest BCUT2D eigenvalue weighted by Gasteiger charge is 2.34. The number of anilines is 1. The molecule has 3 aromatic rings.